The molecule has 6 nitrogen and oxygen atoms in total. The Morgan fingerprint density at radius 1 is 0.879 bits per heavy atom. The SMILES string of the molecule is CS(=O)(=O)Oc1ccc(C(=NNC(=O)c2ccc(C(F)(F)F)cc2)c2ccc(Cl)cc2)cc1. The van der Waals surface area contributed by atoms with E-state index in [2.05, 4.69) is 10.5 Å². The lowest BCUT2D eigenvalue weighted by Crippen LogP contribution is -2.21. The van der Waals surface area contributed by atoms with Gasteiger partial charge in [-0.1, -0.05) is 23.7 Å². The summed E-state index contributed by atoms with van der Waals surface area (Å²) in [5.41, 5.74) is 2.82. The second-order valence-corrected chi connectivity index (χ2v) is 8.81. The van der Waals surface area contributed by atoms with E-state index in [-0.39, 0.29) is 11.3 Å². The third kappa shape index (κ3) is 6.80. The maximum atomic E-state index is 12.7. The number of rotatable bonds is 6. The van der Waals surface area contributed by atoms with Crippen molar-refractivity contribution < 1.29 is 30.6 Å². The lowest BCUT2D eigenvalue weighted by atomic mass is 10.0. The van der Waals surface area contributed by atoms with Crippen LogP contribution in [0.1, 0.15) is 27.0 Å². The summed E-state index contributed by atoms with van der Waals surface area (Å²) < 4.78 is 65.6. The number of nitrogens with one attached hydrogen (secondary N) is 1. The second kappa shape index (κ2) is 9.63. The third-order valence-electron chi connectivity index (χ3n) is 4.24. The molecule has 0 aliphatic carbocycles. The molecule has 3 aromatic rings. The fourth-order valence-corrected chi connectivity index (χ4v) is 3.32. The Hall–Kier alpha value is -3.37. The van der Waals surface area contributed by atoms with Gasteiger partial charge in [-0.05, 0) is 60.7 Å². The largest absolute Gasteiger partial charge is 0.416 e. The minimum Gasteiger partial charge on any atom is -0.383 e. The molecule has 0 aliphatic heterocycles. The van der Waals surface area contributed by atoms with Gasteiger partial charge in [0.1, 0.15) is 5.75 Å². The average Bonchev–Trinajstić information content (AvgIpc) is 2.74. The van der Waals surface area contributed by atoms with Crippen molar-refractivity contribution in [3.63, 3.8) is 0 Å². The first-order chi connectivity index (χ1) is 15.4. The summed E-state index contributed by atoms with van der Waals surface area (Å²) in [5, 5.41) is 4.61. The highest BCUT2D eigenvalue weighted by atomic mass is 35.5. The van der Waals surface area contributed by atoms with Crippen LogP contribution in [0.2, 0.25) is 5.02 Å². The Morgan fingerprint density at radius 2 is 1.36 bits per heavy atom. The molecular formula is C22H16ClF3N2O4S. The number of halogens is 4. The van der Waals surface area contributed by atoms with Gasteiger partial charge in [0.25, 0.3) is 5.91 Å². The highest BCUT2D eigenvalue weighted by Crippen LogP contribution is 2.29. The molecule has 0 unspecified atom stereocenters. The molecule has 3 rings (SSSR count). The summed E-state index contributed by atoms with van der Waals surface area (Å²) in [5.74, 6) is -0.627. The molecule has 172 valence electrons. The zero-order valence-corrected chi connectivity index (χ0v) is 18.5. The first-order valence-electron chi connectivity index (χ1n) is 9.23. The zero-order valence-electron chi connectivity index (χ0n) is 16.9. The molecule has 0 spiro atoms. The van der Waals surface area contributed by atoms with E-state index in [1.54, 1.807) is 24.3 Å². The summed E-state index contributed by atoms with van der Waals surface area (Å²) in [4.78, 5) is 12.4. The monoisotopic (exact) mass is 496 g/mol. The topological polar surface area (TPSA) is 84.8 Å². The van der Waals surface area contributed by atoms with Crippen LogP contribution in [0, 0.1) is 0 Å². The van der Waals surface area contributed by atoms with Gasteiger partial charge in [-0.15, -0.1) is 0 Å². The Labute approximate surface area is 192 Å². The van der Waals surface area contributed by atoms with Crippen LogP contribution in [-0.4, -0.2) is 26.3 Å². The predicted octanol–water partition coefficient (Wildman–Crippen LogP) is 4.88. The number of amides is 1. The van der Waals surface area contributed by atoms with Crippen LogP contribution in [0.3, 0.4) is 0 Å². The van der Waals surface area contributed by atoms with Gasteiger partial charge in [0.2, 0.25) is 0 Å². The number of hydrazone groups is 1. The third-order valence-corrected chi connectivity index (χ3v) is 4.98. The Balaban J connectivity index is 1.89. The van der Waals surface area contributed by atoms with Crippen molar-refractivity contribution in [2.75, 3.05) is 6.26 Å². The van der Waals surface area contributed by atoms with Crippen LogP contribution in [0.4, 0.5) is 13.2 Å². The zero-order chi connectivity index (χ0) is 24.2. The smallest absolute Gasteiger partial charge is 0.383 e. The van der Waals surface area contributed by atoms with E-state index in [0.717, 1.165) is 30.5 Å². The van der Waals surface area contributed by atoms with Gasteiger partial charge >= 0.3 is 16.3 Å². The Morgan fingerprint density at radius 3 is 1.85 bits per heavy atom. The number of carbonyl (C=O) groups excluding carboxylic acids is 1. The van der Waals surface area contributed by atoms with Crippen LogP contribution in [-0.2, 0) is 16.3 Å². The van der Waals surface area contributed by atoms with Gasteiger partial charge in [-0.3, -0.25) is 4.79 Å². The molecule has 0 saturated carbocycles. The van der Waals surface area contributed by atoms with Crippen LogP contribution in [0.15, 0.2) is 77.9 Å². The summed E-state index contributed by atoms with van der Waals surface area (Å²) >= 11 is 5.93. The first kappa shape index (κ1) is 24.3. The molecule has 0 bridgehead atoms. The molecule has 11 heteroatoms. The van der Waals surface area contributed by atoms with E-state index in [1.807, 2.05) is 0 Å². The van der Waals surface area contributed by atoms with Crippen LogP contribution >= 0.6 is 11.6 Å². The molecule has 0 heterocycles. The van der Waals surface area contributed by atoms with Crippen molar-refractivity contribution in [2.45, 2.75) is 6.18 Å². The molecule has 0 fully saturated rings. The van der Waals surface area contributed by atoms with Crippen molar-refractivity contribution >= 4 is 33.3 Å². The van der Waals surface area contributed by atoms with Crippen molar-refractivity contribution in [1.29, 1.82) is 0 Å². The van der Waals surface area contributed by atoms with E-state index in [9.17, 15) is 26.4 Å². The van der Waals surface area contributed by atoms with Gasteiger partial charge < -0.3 is 4.18 Å². The number of carbonyl (C=O) groups is 1. The van der Waals surface area contributed by atoms with Crippen LogP contribution < -0.4 is 9.61 Å². The number of hydrogen-bond acceptors (Lipinski definition) is 5. The molecule has 0 radical (unpaired) electrons. The van der Waals surface area contributed by atoms with Crippen molar-refractivity contribution in [1.82, 2.24) is 5.43 Å². The fourth-order valence-electron chi connectivity index (χ4n) is 2.73. The van der Waals surface area contributed by atoms with E-state index in [1.165, 1.54) is 24.3 Å². The normalized spacial score (nSPS) is 12.3. The summed E-state index contributed by atoms with van der Waals surface area (Å²) in [7, 11) is -3.70. The maximum Gasteiger partial charge on any atom is 0.416 e. The van der Waals surface area contributed by atoms with Gasteiger partial charge in [-0.2, -0.15) is 26.7 Å². The van der Waals surface area contributed by atoms with Crippen molar-refractivity contribution in [3.05, 3.63) is 100 Å². The van der Waals surface area contributed by atoms with Crippen molar-refractivity contribution in [3.8, 4) is 5.75 Å². The fraction of sp³-hybridized carbons (Fsp3) is 0.0909. The van der Waals surface area contributed by atoms with Gasteiger partial charge in [0.05, 0.1) is 17.5 Å². The predicted molar refractivity (Wildman–Crippen MR) is 118 cm³/mol. The van der Waals surface area contributed by atoms with Crippen molar-refractivity contribution in [2.24, 2.45) is 5.10 Å². The molecule has 0 aliphatic rings. The molecule has 33 heavy (non-hydrogen) atoms. The van der Waals surface area contributed by atoms with Gasteiger partial charge in [0, 0.05) is 21.7 Å². The summed E-state index contributed by atoms with van der Waals surface area (Å²) in [6.45, 7) is 0. The standard InChI is InChI=1S/C22H16ClF3N2O4S/c1-33(30,31)32-19-12-6-15(7-13-19)20(14-4-10-18(23)11-5-14)27-28-21(29)16-2-8-17(9-3-16)22(24,25)26/h2-13H,1H3,(H,28,29). The number of nitrogens with zero attached hydrogens (tertiary/aromatic N) is 1. The molecular weight excluding hydrogens is 481 g/mol. The lowest BCUT2D eigenvalue weighted by Gasteiger charge is -2.10. The van der Waals surface area contributed by atoms with Crippen LogP contribution in [0.25, 0.3) is 0 Å². The Bertz CT molecular complexity index is 1270. The summed E-state index contributed by atoms with van der Waals surface area (Å²) in [6.07, 6.45) is -3.60. The minimum atomic E-state index is -4.51. The summed E-state index contributed by atoms with van der Waals surface area (Å²) in [6, 6.07) is 16.2. The highest BCUT2D eigenvalue weighted by Gasteiger charge is 2.30. The van der Waals surface area contributed by atoms with E-state index in [4.69, 9.17) is 15.8 Å². The van der Waals surface area contributed by atoms with E-state index < -0.39 is 27.8 Å². The number of benzene rings is 3. The molecule has 0 atom stereocenters. The van der Waals surface area contributed by atoms with Crippen LogP contribution in [0.5, 0.6) is 5.75 Å². The Kier molecular flexibility index (Phi) is 7.09. The molecule has 3 aromatic carbocycles. The maximum absolute atomic E-state index is 12.7. The minimum absolute atomic E-state index is 0.0147. The van der Waals surface area contributed by atoms with E-state index >= 15 is 0 Å². The molecule has 1 N–H and O–H groups in total. The first-order valence-corrected chi connectivity index (χ1v) is 11.4. The molecule has 1 amide bonds. The lowest BCUT2D eigenvalue weighted by molar-refractivity contribution is -0.137. The van der Waals surface area contributed by atoms with Gasteiger partial charge in [-0.25, -0.2) is 5.43 Å². The second-order valence-electron chi connectivity index (χ2n) is 6.80. The highest BCUT2D eigenvalue weighted by molar-refractivity contribution is 7.86. The number of alkyl halides is 3. The quantitative estimate of drug-likeness (QED) is 0.299. The number of hydrogen-bond donors (Lipinski definition) is 1. The van der Waals surface area contributed by atoms with Gasteiger partial charge in [0.15, 0.2) is 0 Å². The average molecular weight is 497 g/mol. The molecule has 0 aromatic heterocycles. The van der Waals surface area contributed by atoms with E-state index in [0.29, 0.717) is 21.9 Å². The molecule has 0 saturated heterocycles.